The Morgan fingerprint density at radius 3 is 2.58 bits per heavy atom. The van der Waals surface area contributed by atoms with Crippen LogP contribution < -0.4 is 5.32 Å². The van der Waals surface area contributed by atoms with Crippen molar-refractivity contribution in [3.05, 3.63) is 57.6 Å². The van der Waals surface area contributed by atoms with Crippen molar-refractivity contribution in [2.75, 3.05) is 5.32 Å². The molecule has 0 aliphatic rings. The van der Waals surface area contributed by atoms with Crippen molar-refractivity contribution < 1.29 is 9.90 Å². The zero-order valence-corrected chi connectivity index (χ0v) is 11.6. The van der Waals surface area contributed by atoms with Gasteiger partial charge >= 0.3 is 5.97 Å². The third kappa shape index (κ3) is 3.00. The predicted molar refractivity (Wildman–Crippen MR) is 77.9 cm³/mol. The lowest BCUT2D eigenvalue weighted by molar-refractivity contribution is 0.0698. The molecule has 0 aliphatic heterocycles. The minimum atomic E-state index is -1.05. The van der Waals surface area contributed by atoms with E-state index in [0.717, 1.165) is 5.56 Å². The van der Waals surface area contributed by atoms with E-state index < -0.39 is 5.97 Å². The molecule has 0 saturated heterocycles. The SMILES string of the molecule is Cc1cccc(Cl)c1Nc1ccc(Cl)cc1C(=O)O. The Kier molecular flexibility index (Phi) is 3.98. The molecule has 5 heteroatoms. The molecule has 0 bridgehead atoms. The van der Waals surface area contributed by atoms with Crippen molar-refractivity contribution in [3.8, 4) is 0 Å². The largest absolute Gasteiger partial charge is 0.478 e. The second-order valence-corrected chi connectivity index (χ2v) is 4.90. The number of carboxylic acid groups (broad SMARTS) is 1. The molecule has 2 aromatic rings. The second kappa shape index (κ2) is 5.51. The summed E-state index contributed by atoms with van der Waals surface area (Å²) in [6.07, 6.45) is 0. The number of anilines is 2. The van der Waals surface area contributed by atoms with E-state index in [-0.39, 0.29) is 5.56 Å². The van der Waals surface area contributed by atoms with E-state index >= 15 is 0 Å². The van der Waals surface area contributed by atoms with Crippen LogP contribution in [0.5, 0.6) is 0 Å². The van der Waals surface area contributed by atoms with E-state index in [0.29, 0.717) is 21.4 Å². The first kappa shape index (κ1) is 13.7. The summed E-state index contributed by atoms with van der Waals surface area (Å²) in [7, 11) is 0. The number of carbonyl (C=O) groups is 1. The van der Waals surface area contributed by atoms with Crippen molar-refractivity contribution in [1.29, 1.82) is 0 Å². The summed E-state index contributed by atoms with van der Waals surface area (Å²) in [4.78, 5) is 11.2. The highest BCUT2D eigenvalue weighted by molar-refractivity contribution is 6.33. The van der Waals surface area contributed by atoms with Gasteiger partial charge in [-0.15, -0.1) is 0 Å². The molecule has 0 heterocycles. The Morgan fingerprint density at radius 2 is 1.95 bits per heavy atom. The number of hydrogen-bond donors (Lipinski definition) is 2. The third-order valence-electron chi connectivity index (χ3n) is 2.69. The van der Waals surface area contributed by atoms with Gasteiger partial charge in [0.1, 0.15) is 0 Å². The number of para-hydroxylation sites is 1. The lowest BCUT2D eigenvalue weighted by Crippen LogP contribution is -2.03. The van der Waals surface area contributed by atoms with Crippen LogP contribution in [0.1, 0.15) is 15.9 Å². The average Bonchev–Trinajstić information content (AvgIpc) is 2.35. The molecule has 0 fully saturated rings. The van der Waals surface area contributed by atoms with Crippen LogP contribution in [0.4, 0.5) is 11.4 Å². The van der Waals surface area contributed by atoms with Crippen molar-refractivity contribution in [2.24, 2.45) is 0 Å². The van der Waals surface area contributed by atoms with E-state index in [4.69, 9.17) is 23.2 Å². The molecule has 19 heavy (non-hydrogen) atoms. The molecular formula is C14H11Cl2NO2. The van der Waals surface area contributed by atoms with Gasteiger partial charge in [0.2, 0.25) is 0 Å². The number of carboxylic acids is 1. The van der Waals surface area contributed by atoms with E-state index in [1.54, 1.807) is 18.2 Å². The first-order chi connectivity index (χ1) is 8.99. The van der Waals surface area contributed by atoms with Crippen molar-refractivity contribution in [3.63, 3.8) is 0 Å². The standard InChI is InChI=1S/C14H11Cl2NO2/c1-8-3-2-4-11(16)13(8)17-12-6-5-9(15)7-10(12)14(18)19/h2-7,17H,1H3,(H,18,19). The molecule has 98 valence electrons. The quantitative estimate of drug-likeness (QED) is 0.859. The van der Waals surface area contributed by atoms with Gasteiger partial charge in [-0.05, 0) is 36.8 Å². The summed E-state index contributed by atoms with van der Waals surface area (Å²) in [5.74, 6) is -1.05. The molecule has 0 aliphatic carbocycles. The van der Waals surface area contributed by atoms with Crippen LogP contribution >= 0.6 is 23.2 Å². The first-order valence-corrected chi connectivity index (χ1v) is 6.29. The summed E-state index contributed by atoms with van der Waals surface area (Å²) < 4.78 is 0. The lowest BCUT2D eigenvalue weighted by atomic mass is 10.1. The highest BCUT2D eigenvalue weighted by Crippen LogP contribution is 2.31. The second-order valence-electron chi connectivity index (χ2n) is 4.05. The number of nitrogens with one attached hydrogen (secondary N) is 1. The van der Waals surface area contributed by atoms with Crippen LogP contribution in [0.3, 0.4) is 0 Å². The van der Waals surface area contributed by atoms with Gasteiger partial charge in [0.25, 0.3) is 0 Å². The maximum Gasteiger partial charge on any atom is 0.337 e. The first-order valence-electron chi connectivity index (χ1n) is 5.54. The highest BCUT2D eigenvalue weighted by atomic mass is 35.5. The number of halogens is 2. The molecule has 0 amide bonds. The predicted octanol–water partition coefficient (Wildman–Crippen LogP) is 4.74. The van der Waals surface area contributed by atoms with Crippen LogP contribution in [0.25, 0.3) is 0 Å². The Labute approximate surface area is 120 Å². The molecule has 2 N–H and O–H groups in total. The van der Waals surface area contributed by atoms with Crippen LogP contribution in [0, 0.1) is 6.92 Å². The van der Waals surface area contributed by atoms with Crippen molar-refractivity contribution in [2.45, 2.75) is 6.92 Å². The van der Waals surface area contributed by atoms with Crippen LogP contribution in [0.15, 0.2) is 36.4 Å². The Hall–Kier alpha value is -1.71. The fourth-order valence-electron chi connectivity index (χ4n) is 1.73. The normalized spacial score (nSPS) is 10.3. The lowest BCUT2D eigenvalue weighted by Gasteiger charge is -2.13. The van der Waals surface area contributed by atoms with Gasteiger partial charge in [-0.2, -0.15) is 0 Å². The van der Waals surface area contributed by atoms with Crippen LogP contribution in [0.2, 0.25) is 10.0 Å². The summed E-state index contributed by atoms with van der Waals surface area (Å²) in [6.45, 7) is 1.89. The molecule has 0 aromatic heterocycles. The van der Waals surface area contributed by atoms with Gasteiger partial charge in [0.05, 0.1) is 22.0 Å². The molecule has 0 saturated carbocycles. The Balaban J connectivity index is 2.47. The summed E-state index contributed by atoms with van der Waals surface area (Å²) in [6, 6.07) is 10.1. The number of rotatable bonds is 3. The van der Waals surface area contributed by atoms with Crippen LogP contribution in [-0.4, -0.2) is 11.1 Å². The molecule has 0 radical (unpaired) electrons. The molecule has 0 spiro atoms. The summed E-state index contributed by atoms with van der Waals surface area (Å²) in [5.41, 5.74) is 2.17. The van der Waals surface area contributed by atoms with E-state index in [1.165, 1.54) is 6.07 Å². The number of benzene rings is 2. The Morgan fingerprint density at radius 1 is 1.21 bits per heavy atom. The van der Waals surface area contributed by atoms with Gasteiger partial charge < -0.3 is 10.4 Å². The Bertz CT molecular complexity index is 621. The topological polar surface area (TPSA) is 49.3 Å². The fraction of sp³-hybridized carbons (Fsp3) is 0.0714. The number of aromatic carboxylic acids is 1. The smallest absolute Gasteiger partial charge is 0.337 e. The average molecular weight is 296 g/mol. The highest BCUT2D eigenvalue weighted by Gasteiger charge is 2.13. The van der Waals surface area contributed by atoms with Gasteiger partial charge in [0.15, 0.2) is 0 Å². The zero-order valence-electron chi connectivity index (χ0n) is 10.1. The minimum absolute atomic E-state index is 0.104. The molecule has 3 nitrogen and oxygen atoms in total. The van der Waals surface area contributed by atoms with E-state index in [1.807, 2.05) is 19.1 Å². The van der Waals surface area contributed by atoms with Crippen molar-refractivity contribution in [1.82, 2.24) is 0 Å². The van der Waals surface area contributed by atoms with Crippen LogP contribution in [-0.2, 0) is 0 Å². The number of aryl methyl sites for hydroxylation is 1. The summed E-state index contributed by atoms with van der Waals surface area (Å²) in [5, 5.41) is 13.1. The van der Waals surface area contributed by atoms with Gasteiger partial charge in [0, 0.05) is 5.02 Å². The van der Waals surface area contributed by atoms with Gasteiger partial charge in [-0.25, -0.2) is 4.79 Å². The molecule has 2 rings (SSSR count). The van der Waals surface area contributed by atoms with Crippen molar-refractivity contribution >= 4 is 40.5 Å². The van der Waals surface area contributed by atoms with E-state index in [9.17, 15) is 9.90 Å². The molecule has 0 atom stereocenters. The monoisotopic (exact) mass is 295 g/mol. The number of hydrogen-bond acceptors (Lipinski definition) is 2. The summed E-state index contributed by atoms with van der Waals surface area (Å²) >= 11 is 11.9. The fourth-order valence-corrected chi connectivity index (χ4v) is 2.17. The van der Waals surface area contributed by atoms with Gasteiger partial charge in [-0.3, -0.25) is 0 Å². The maximum atomic E-state index is 11.2. The van der Waals surface area contributed by atoms with Gasteiger partial charge in [-0.1, -0.05) is 35.3 Å². The maximum absolute atomic E-state index is 11.2. The molecule has 0 unspecified atom stereocenters. The minimum Gasteiger partial charge on any atom is -0.478 e. The molecular weight excluding hydrogens is 285 g/mol. The third-order valence-corrected chi connectivity index (χ3v) is 3.24. The zero-order chi connectivity index (χ0) is 14.0. The van der Waals surface area contributed by atoms with E-state index in [2.05, 4.69) is 5.32 Å². The molecule has 2 aromatic carbocycles.